The number of nitrogens with one attached hydrogen (secondary N) is 1. The topological polar surface area (TPSA) is 99.4 Å². The predicted octanol–water partition coefficient (Wildman–Crippen LogP) is 5.36. The van der Waals surface area contributed by atoms with Gasteiger partial charge in [-0.2, -0.15) is 0 Å². The van der Waals surface area contributed by atoms with Crippen LogP contribution >= 0.6 is 0 Å². The van der Waals surface area contributed by atoms with E-state index in [4.69, 9.17) is 5.73 Å². The number of hydrogen-bond donors (Lipinski definition) is 3. The van der Waals surface area contributed by atoms with Gasteiger partial charge >= 0.3 is 0 Å². The fourth-order valence-corrected chi connectivity index (χ4v) is 5.40. The van der Waals surface area contributed by atoms with Crippen molar-refractivity contribution in [1.29, 1.82) is 0 Å². The summed E-state index contributed by atoms with van der Waals surface area (Å²) >= 11 is 0. The van der Waals surface area contributed by atoms with Gasteiger partial charge in [-0.1, -0.05) is 48.0 Å². The maximum Gasteiger partial charge on any atom is 0.258 e. The highest BCUT2D eigenvalue weighted by Gasteiger charge is 2.30. The number of aliphatic hydroxyl groups is 1. The lowest BCUT2D eigenvalue weighted by Gasteiger charge is -2.21. The number of amides is 2. The number of aromatic nitrogens is 1. The summed E-state index contributed by atoms with van der Waals surface area (Å²) in [6.07, 6.45) is 0. The van der Waals surface area contributed by atoms with Crippen molar-refractivity contribution in [3.8, 4) is 11.1 Å². The molecule has 0 radical (unpaired) electrons. The average molecular weight is 476 g/mol. The molecule has 0 saturated carbocycles. The van der Waals surface area contributed by atoms with Gasteiger partial charge in [0.25, 0.3) is 11.8 Å². The Morgan fingerprint density at radius 1 is 1.00 bits per heavy atom. The van der Waals surface area contributed by atoms with Gasteiger partial charge in [0.05, 0.1) is 24.2 Å². The van der Waals surface area contributed by atoms with Gasteiger partial charge in [0.15, 0.2) is 0 Å². The van der Waals surface area contributed by atoms with Crippen LogP contribution in [0.4, 0.5) is 5.69 Å². The van der Waals surface area contributed by atoms with Crippen LogP contribution in [-0.2, 0) is 13.2 Å². The molecule has 0 atom stereocenters. The molecule has 2 amide bonds. The molecule has 36 heavy (non-hydrogen) atoms. The molecule has 1 aliphatic heterocycles. The second-order valence-corrected chi connectivity index (χ2v) is 9.44. The van der Waals surface area contributed by atoms with Crippen molar-refractivity contribution >= 4 is 39.3 Å². The van der Waals surface area contributed by atoms with Gasteiger partial charge < -0.3 is 20.7 Å². The standard InChI is InChI=1S/C30H25N3O3/c1-16-6-8-19-14-33(30(36)24(19)12-16)26-5-3-4-20(17(26)2)21-10-11-23(29(31)35)28-27(21)22-9-7-18(15-34)13-25(22)32-28/h3-13,32,34H,14-15H2,1-2H3,(H2,31,35). The summed E-state index contributed by atoms with van der Waals surface area (Å²) in [6, 6.07) is 21.4. The fourth-order valence-electron chi connectivity index (χ4n) is 5.40. The molecule has 0 spiro atoms. The minimum atomic E-state index is -0.512. The first-order valence-electron chi connectivity index (χ1n) is 11.9. The lowest BCUT2D eigenvalue weighted by Crippen LogP contribution is -2.24. The largest absolute Gasteiger partial charge is 0.392 e. The van der Waals surface area contributed by atoms with Crippen molar-refractivity contribution in [2.75, 3.05) is 4.90 Å². The lowest BCUT2D eigenvalue weighted by atomic mass is 9.93. The van der Waals surface area contributed by atoms with Gasteiger partial charge in [-0.15, -0.1) is 0 Å². The summed E-state index contributed by atoms with van der Waals surface area (Å²) in [6.45, 7) is 4.48. The Hall–Kier alpha value is -4.42. The Morgan fingerprint density at radius 2 is 1.83 bits per heavy atom. The summed E-state index contributed by atoms with van der Waals surface area (Å²) in [5.41, 5.74) is 15.0. The van der Waals surface area contributed by atoms with E-state index < -0.39 is 5.91 Å². The number of H-pyrrole nitrogens is 1. The van der Waals surface area contributed by atoms with Crippen LogP contribution in [0.5, 0.6) is 0 Å². The van der Waals surface area contributed by atoms with Crippen molar-refractivity contribution < 1.29 is 14.7 Å². The predicted molar refractivity (Wildman–Crippen MR) is 142 cm³/mol. The van der Waals surface area contributed by atoms with E-state index in [-0.39, 0.29) is 12.5 Å². The third-order valence-corrected chi connectivity index (χ3v) is 7.22. The van der Waals surface area contributed by atoms with E-state index in [2.05, 4.69) is 4.98 Å². The highest BCUT2D eigenvalue weighted by molar-refractivity contribution is 6.20. The number of fused-ring (bicyclic) bond motifs is 4. The van der Waals surface area contributed by atoms with E-state index in [1.165, 1.54) is 0 Å². The van der Waals surface area contributed by atoms with Crippen molar-refractivity contribution in [2.24, 2.45) is 5.73 Å². The monoisotopic (exact) mass is 475 g/mol. The number of primary amides is 1. The molecular weight excluding hydrogens is 450 g/mol. The van der Waals surface area contributed by atoms with Gasteiger partial charge in [-0.25, -0.2) is 0 Å². The minimum absolute atomic E-state index is 0.00630. The van der Waals surface area contributed by atoms with E-state index in [0.717, 1.165) is 60.9 Å². The fraction of sp³-hybridized carbons (Fsp3) is 0.133. The van der Waals surface area contributed by atoms with Crippen molar-refractivity contribution in [3.63, 3.8) is 0 Å². The molecule has 4 N–H and O–H groups in total. The summed E-state index contributed by atoms with van der Waals surface area (Å²) in [7, 11) is 0. The second kappa shape index (κ2) is 8.07. The summed E-state index contributed by atoms with van der Waals surface area (Å²) in [5.74, 6) is -0.506. The zero-order valence-corrected chi connectivity index (χ0v) is 20.1. The first kappa shape index (κ1) is 22.1. The Balaban J connectivity index is 1.56. The number of carbonyl (C=O) groups is 2. The third-order valence-electron chi connectivity index (χ3n) is 7.22. The molecule has 0 aliphatic carbocycles. The maximum atomic E-state index is 13.3. The quantitative estimate of drug-likeness (QED) is 0.326. The molecule has 0 bridgehead atoms. The number of carbonyl (C=O) groups excluding carboxylic acids is 2. The van der Waals surface area contributed by atoms with Gasteiger partial charge in [0.2, 0.25) is 0 Å². The molecule has 178 valence electrons. The van der Waals surface area contributed by atoms with Crippen LogP contribution in [0.25, 0.3) is 32.9 Å². The van der Waals surface area contributed by atoms with Gasteiger partial charge in [0, 0.05) is 27.5 Å². The molecule has 0 saturated heterocycles. The molecule has 6 rings (SSSR count). The van der Waals surface area contributed by atoms with Crippen LogP contribution < -0.4 is 10.6 Å². The smallest absolute Gasteiger partial charge is 0.258 e. The molecule has 6 heteroatoms. The number of nitrogens with zero attached hydrogens (tertiary/aromatic N) is 1. The zero-order valence-electron chi connectivity index (χ0n) is 20.1. The number of anilines is 1. The molecule has 4 aromatic carbocycles. The number of rotatable bonds is 4. The lowest BCUT2D eigenvalue weighted by molar-refractivity contribution is 0.0990. The highest BCUT2D eigenvalue weighted by Crippen LogP contribution is 2.41. The first-order chi connectivity index (χ1) is 17.4. The van der Waals surface area contributed by atoms with Gasteiger partial charge in [0.1, 0.15) is 0 Å². The van der Waals surface area contributed by atoms with Crippen LogP contribution in [0.1, 0.15) is 43.0 Å². The Bertz CT molecular complexity index is 1730. The third kappa shape index (κ3) is 3.22. The maximum absolute atomic E-state index is 13.3. The summed E-state index contributed by atoms with van der Waals surface area (Å²) in [4.78, 5) is 30.8. The highest BCUT2D eigenvalue weighted by atomic mass is 16.3. The van der Waals surface area contributed by atoms with Crippen molar-refractivity contribution in [2.45, 2.75) is 27.0 Å². The number of aromatic amines is 1. The molecule has 1 aromatic heterocycles. The van der Waals surface area contributed by atoms with Crippen LogP contribution in [0, 0.1) is 13.8 Å². The normalized spacial score (nSPS) is 13.1. The number of aryl methyl sites for hydroxylation is 1. The molecule has 2 heterocycles. The summed E-state index contributed by atoms with van der Waals surface area (Å²) < 4.78 is 0. The van der Waals surface area contributed by atoms with E-state index in [9.17, 15) is 14.7 Å². The number of benzene rings is 4. The molecular formula is C30H25N3O3. The van der Waals surface area contributed by atoms with E-state index in [1.54, 1.807) is 6.07 Å². The first-order valence-corrected chi connectivity index (χ1v) is 11.9. The minimum Gasteiger partial charge on any atom is -0.392 e. The van der Waals surface area contributed by atoms with Crippen LogP contribution in [0.3, 0.4) is 0 Å². The summed E-state index contributed by atoms with van der Waals surface area (Å²) in [5, 5.41) is 11.4. The molecule has 6 nitrogen and oxygen atoms in total. The Kier molecular flexibility index (Phi) is 4.95. The van der Waals surface area contributed by atoms with Crippen molar-refractivity contribution in [1.82, 2.24) is 4.98 Å². The number of nitrogens with two attached hydrogens (primary N) is 1. The van der Waals surface area contributed by atoms with E-state index >= 15 is 0 Å². The average Bonchev–Trinajstić information content (AvgIpc) is 3.41. The van der Waals surface area contributed by atoms with Crippen LogP contribution in [0.2, 0.25) is 0 Å². The molecule has 5 aromatic rings. The van der Waals surface area contributed by atoms with E-state index in [1.807, 2.05) is 79.4 Å². The Labute approximate surface area is 208 Å². The number of hydrogen-bond acceptors (Lipinski definition) is 3. The second-order valence-electron chi connectivity index (χ2n) is 9.44. The zero-order chi connectivity index (χ0) is 25.1. The SMILES string of the molecule is Cc1ccc2c(c1)C(=O)N(c1cccc(-c3ccc(C(N)=O)c4[nH]c5cc(CO)ccc5c34)c1C)C2. The van der Waals surface area contributed by atoms with Crippen molar-refractivity contribution in [3.05, 3.63) is 100 Å². The Morgan fingerprint density at radius 3 is 2.61 bits per heavy atom. The molecule has 0 unspecified atom stereocenters. The van der Waals surface area contributed by atoms with Crippen LogP contribution in [-0.4, -0.2) is 21.9 Å². The molecule has 0 fully saturated rings. The van der Waals surface area contributed by atoms with Gasteiger partial charge in [-0.3, -0.25) is 9.59 Å². The van der Waals surface area contributed by atoms with Crippen LogP contribution in [0.15, 0.2) is 66.7 Å². The van der Waals surface area contributed by atoms with E-state index in [0.29, 0.717) is 17.6 Å². The number of aliphatic hydroxyl groups excluding tert-OH is 1. The molecule has 1 aliphatic rings. The van der Waals surface area contributed by atoms with Gasteiger partial charge in [-0.05, 0) is 65.9 Å².